The molecule has 1 atom stereocenters. The van der Waals surface area contributed by atoms with Crippen LogP contribution in [0.2, 0.25) is 5.02 Å². The van der Waals surface area contributed by atoms with E-state index in [1.54, 1.807) is 0 Å². The van der Waals surface area contributed by atoms with E-state index in [1.165, 1.54) is 5.56 Å². The van der Waals surface area contributed by atoms with Crippen LogP contribution in [-0.4, -0.2) is 4.98 Å². The van der Waals surface area contributed by atoms with Crippen molar-refractivity contribution >= 4 is 38.4 Å². The number of pyridine rings is 1. The van der Waals surface area contributed by atoms with Crippen molar-refractivity contribution in [2.45, 2.75) is 12.8 Å². The molecule has 0 saturated heterocycles. The second-order valence-corrected chi connectivity index (χ2v) is 4.90. The van der Waals surface area contributed by atoms with Crippen LogP contribution < -0.4 is 0 Å². The molecule has 1 unspecified atom stereocenters. The third-order valence-electron chi connectivity index (χ3n) is 2.71. The van der Waals surface area contributed by atoms with Crippen LogP contribution >= 0.6 is 27.5 Å². The molecule has 0 aliphatic heterocycles. The third-order valence-corrected chi connectivity index (χ3v) is 3.61. The summed E-state index contributed by atoms with van der Waals surface area (Å²) in [7, 11) is 0. The molecule has 1 aromatic carbocycles. The van der Waals surface area contributed by atoms with Crippen LogP contribution in [0.25, 0.3) is 10.9 Å². The Kier molecular flexibility index (Phi) is 1.68. The minimum Gasteiger partial charge on any atom is -0.252 e. The lowest BCUT2D eigenvalue weighted by Crippen LogP contribution is -1.78. The minimum absolute atomic E-state index is 0.452. The molecule has 0 saturated carbocycles. The van der Waals surface area contributed by atoms with Crippen molar-refractivity contribution in [3.05, 3.63) is 39.0 Å². The quantitative estimate of drug-likeness (QED) is 0.700. The molecule has 1 aliphatic rings. The maximum absolute atomic E-state index is 6.28. The van der Waals surface area contributed by atoms with E-state index >= 15 is 0 Å². The van der Waals surface area contributed by atoms with Crippen molar-refractivity contribution in [1.82, 2.24) is 4.98 Å². The Morgan fingerprint density at radius 3 is 3.00 bits per heavy atom. The van der Waals surface area contributed by atoms with E-state index in [1.807, 2.05) is 18.2 Å². The number of aromatic nitrogens is 1. The Morgan fingerprint density at radius 2 is 2.21 bits per heavy atom. The van der Waals surface area contributed by atoms with Gasteiger partial charge in [-0.25, -0.2) is 0 Å². The van der Waals surface area contributed by atoms with E-state index in [-0.39, 0.29) is 0 Å². The lowest BCUT2D eigenvalue weighted by molar-refractivity contribution is 1.11. The smallest absolute Gasteiger partial charge is 0.0721 e. The van der Waals surface area contributed by atoms with Gasteiger partial charge in [0.25, 0.3) is 0 Å². The van der Waals surface area contributed by atoms with Crippen molar-refractivity contribution in [3.8, 4) is 0 Å². The van der Waals surface area contributed by atoms with Gasteiger partial charge in [-0.15, -0.1) is 0 Å². The highest BCUT2D eigenvalue weighted by Crippen LogP contribution is 2.48. The van der Waals surface area contributed by atoms with Crippen molar-refractivity contribution in [2.24, 2.45) is 0 Å². The summed E-state index contributed by atoms with van der Waals surface area (Å²) in [5, 5.41) is 1.92. The van der Waals surface area contributed by atoms with Crippen LogP contribution in [0.15, 0.2) is 22.7 Å². The first-order valence-electron chi connectivity index (χ1n) is 4.47. The highest BCUT2D eigenvalue weighted by molar-refractivity contribution is 9.10. The maximum Gasteiger partial charge on any atom is 0.0721 e. The summed E-state index contributed by atoms with van der Waals surface area (Å²) in [6.45, 7) is 2.14. The lowest BCUT2D eigenvalue weighted by atomic mass is 10.2. The van der Waals surface area contributed by atoms with Crippen molar-refractivity contribution in [3.63, 3.8) is 0 Å². The van der Waals surface area contributed by atoms with Crippen LogP contribution in [0.1, 0.15) is 24.1 Å². The normalized spacial score (nSPS) is 18.4. The molecular weight excluding hydrogens is 261 g/mol. The molecule has 70 valence electrons. The average Bonchev–Trinajstić information content (AvgIpc) is 2.80. The Labute approximate surface area is 95.2 Å². The minimum atomic E-state index is 0.452. The summed E-state index contributed by atoms with van der Waals surface area (Å²) >= 11 is 9.72. The fourth-order valence-electron chi connectivity index (χ4n) is 1.84. The highest BCUT2D eigenvalue weighted by atomic mass is 79.9. The zero-order valence-electron chi connectivity index (χ0n) is 7.51. The SMILES string of the molecule is CC1c2nc3ccc(Br)cc3c(Cl)c21. The molecule has 1 heterocycles. The Balaban J connectivity index is 2.43. The number of rotatable bonds is 0. The Morgan fingerprint density at radius 1 is 1.43 bits per heavy atom. The predicted molar refractivity (Wildman–Crippen MR) is 62.0 cm³/mol. The first-order valence-corrected chi connectivity index (χ1v) is 5.64. The number of fused-ring (bicyclic) bond motifs is 2. The summed E-state index contributed by atoms with van der Waals surface area (Å²) in [6.07, 6.45) is 0. The van der Waals surface area contributed by atoms with Gasteiger partial charge in [-0.05, 0) is 18.2 Å². The average molecular weight is 269 g/mol. The molecule has 3 rings (SSSR count). The summed E-state index contributed by atoms with van der Waals surface area (Å²) in [5.74, 6) is 0.452. The van der Waals surface area contributed by atoms with Gasteiger partial charge in [0.05, 0.1) is 16.2 Å². The predicted octanol–water partition coefficient (Wildman–Crippen LogP) is 4.12. The van der Waals surface area contributed by atoms with Crippen molar-refractivity contribution < 1.29 is 0 Å². The van der Waals surface area contributed by atoms with E-state index in [0.717, 1.165) is 26.1 Å². The van der Waals surface area contributed by atoms with Gasteiger partial charge in [-0.3, -0.25) is 4.98 Å². The molecular formula is C11H7BrClN. The monoisotopic (exact) mass is 267 g/mol. The van der Waals surface area contributed by atoms with Gasteiger partial charge in [0.1, 0.15) is 0 Å². The molecule has 0 amide bonds. The maximum atomic E-state index is 6.28. The van der Waals surface area contributed by atoms with Gasteiger partial charge in [-0.2, -0.15) is 0 Å². The third kappa shape index (κ3) is 1.04. The van der Waals surface area contributed by atoms with Crippen LogP contribution in [0.4, 0.5) is 0 Å². The fourth-order valence-corrected chi connectivity index (χ4v) is 2.61. The first kappa shape index (κ1) is 8.69. The van der Waals surface area contributed by atoms with Gasteiger partial charge in [0.15, 0.2) is 0 Å². The molecule has 2 aromatic rings. The summed E-state index contributed by atoms with van der Waals surface area (Å²) in [5.41, 5.74) is 3.36. The molecule has 0 radical (unpaired) electrons. The number of hydrogen-bond donors (Lipinski definition) is 0. The second kappa shape index (κ2) is 2.71. The zero-order valence-corrected chi connectivity index (χ0v) is 9.85. The molecule has 14 heavy (non-hydrogen) atoms. The first-order chi connectivity index (χ1) is 6.68. The summed E-state index contributed by atoms with van der Waals surface area (Å²) in [4.78, 5) is 4.55. The van der Waals surface area contributed by atoms with Crippen molar-refractivity contribution in [1.29, 1.82) is 0 Å². The Hall–Kier alpha value is -0.600. The van der Waals surface area contributed by atoms with Gasteiger partial charge < -0.3 is 0 Å². The molecule has 0 N–H and O–H groups in total. The fraction of sp³-hybridized carbons (Fsp3) is 0.182. The van der Waals surface area contributed by atoms with E-state index in [0.29, 0.717) is 5.92 Å². The molecule has 0 spiro atoms. The number of nitrogens with zero attached hydrogens (tertiary/aromatic N) is 1. The molecule has 3 heteroatoms. The van der Waals surface area contributed by atoms with Crippen LogP contribution in [0.3, 0.4) is 0 Å². The standard InChI is InChI=1S/C11H7BrClN/c1-5-9-10(13)7-4-6(12)2-3-8(7)14-11(5)9/h2-5H,1H3. The van der Waals surface area contributed by atoms with E-state index in [4.69, 9.17) is 11.6 Å². The second-order valence-electron chi connectivity index (χ2n) is 3.61. The topological polar surface area (TPSA) is 12.9 Å². The summed E-state index contributed by atoms with van der Waals surface area (Å²) < 4.78 is 1.04. The van der Waals surface area contributed by atoms with Crippen LogP contribution in [0.5, 0.6) is 0 Å². The van der Waals surface area contributed by atoms with Crippen LogP contribution in [-0.2, 0) is 0 Å². The Bertz CT molecular complexity index is 550. The largest absolute Gasteiger partial charge is 0.252 e. The van der Waals surface area contributed by atoms with E-state index in [2.05, 4.69) is 27.8 Å². The van der Waals surface area contributed by atoms with Gasteiger partial charge in [0, 0.05) is 21.3 Å². The van der Waals surface area contributed by atoms with Gasteiger partial charge >= 0.3 is 0 Å². The molecule has 0 fully saturated rings. The molecule has 1 nitrogen and oxygen atoms in total. The van der Waals surface area contributed by atoms with E-state index < -0.39 is 0 Å². The van der Waals surface area contributed by atoms with Crippen LogP contribution in [0, 0.1) is 0 Å². The van der Waals surface area contributed by atoms with Gasteiger partial charge in [0.2, 0.25) is 0 Å². The van der Waals surface area contributed by atoms with Gasteiger partial charge in [-0.1, -0.05) is 34.5 Å². The number of benzene rings is 1. The molecule has 1 aromatic heterocycles. The number of hydrogen-bond acceptors (Lipinski definition) is 1. The lowest BCUT2D eigenvalue weighted by Gasteiger charge is -1.98. The molecule has 0 bridgehead atoms. The molecule has 1 aliphatic carbocycles. The highest BCUT2D eigenvalue weighted by Gasteiger charge is 2.34. The zero-order chi connectivity index (χ0) is 9.87. The van der Waals surface area contributed by atoms with Crippen molar-refractivity contribution in [2.75, 3.05) is 0 Å². The number of halogens is 2. The summed E-state index contributed by atoms with van der Waals surface area (Å²) in [6, 6.07) is 6.01. The van der Waals surface area contributed by atoms with E-state index in [9.17, 15) is 0 Å².